The quantitative estimate of drug-likeness (QED) is 0.772. The topological polar surface area (TPSA) is 29.3 Å². The van der Waals surface area contributed by atoms with E-state index in [4.69, 9.17) is 5.73 Å². The normalized spacial score (nSPS) is 21.6. The molecule has 2 N–H and O–H groups in total. The zero-order chi connectivity index (χ0) is 9.97. The molecule has 1 fully saturated rings. The summed E-state index contributed by atoms with van der Waals surface area (Å²) in [6.07, 6.45) is 1.31. The lowest BCUT2D eigenvalue weighted by atomic mass is 10.2. The van der Waals surface area contributed by atoms with Crippen LogP contribution in [-0.2, 0) is 6.54 Å². The average molecular weight is 190 g/mol. The molecule has 1 aliphatic heterocycles. The SMILES string of the molecule is CC1CCN(c2cccc(CN)c2)C1. The molecule has 1 aromatic carbocycles. The predicted octanol–water partition coefficient (Wildman–Crippen LogP) is 1.99. The summed E-state index contributed by atoms with van der Waals surface area (Å²) in [6.45, 7) is 5.33. The van der Waals surface area contributed by atoms with Gasteiger partial charge in [0.05, 0.1) is 0 Å². The third-order valence-electron chi connectivity index (χ3n) is 2.94. The minimum atomic E-state index is 0.636. The molecule has 0 radical (unpaired) electrons. The van der Waals surface area contributed by atoms with Crippen molar-refractivity contribution < 1.29 is 0 Å². The summed E-state index contributed by atoms with van der Waals surface area (Å²) >= 11 is 0. The van der Waals surface area contributed by atoms with Crippen molar-refractivity contribution in [2.75, 3.05) is 18.0 Å². The first-order valence-corrected chi connectivity index (χ1v) is 5.33. The minimum absolute atomic E-state index is 0.636. The molecule has 76 valence electrons. The third-order valence-corrected chi connectivity index (χ3v) is 2.94. The molecule has 1 heterocycles. The maximum Gasteiger partial charge on any atom is 0.0369 e. The van der Waals surface area contributed by atoms with Gasteiger partial charge >= 0.3 is 0 Å². The van der Waals surface area contributed by atoms with Crippen molar-refractivity contribution in [2.24, 2.45) is 11.7 Å². The van der Waals surface area contributed by atoms with Gasteiger partial charge in [-0.05, 0) is 30.0 Å². The second-order valence-corrected chi connectivity index (χ2v) is 4.21. The number of rotatable bonds is 2. The van der Waals surface area contributed by atoms with E-state index in [0.717, 1.165) is 5.92 Å². The lowest BCUT2D eigenvalue weighted by Crippen LogP contribution is -2.19. The number of hydrogen-bond donors (Lipinski definition) is 1. The van der Waals surface area contributed by atoms with Gasteiger partial charge in [-0.3, -0.25) is 0 Å². The monoisotopic (exact) mass is 190 g/mol. The van der Waals surface area contributed by atoms with Crippen LogP contribution in [0.25, 0.3) is 0 Å². The fourth-order valence-electron chi connectivity index (χ4n) is 2.05. The molecule has 0 saturated carbocycles. The number of nitrogens with zero attached hydrogens (tertiary/aromatic N) is 1. The second kappa shape index (κ2) is 4.01. The molecule has 2 rings (SSSR count). The van der Waals surface area contributed by atoms with Gasteiger partial charge in [0.2, 0.25) is 0 Å². The molecular weight excluding hydrogens is 172 g/mol. The Labute approximate surface area is 85.7 Å². The standard InChI is InChI=1S/C12H18N2/c1-10-5-6-14(9-10)12-4-2-3-11(7-12)8-13/h2-4,7,10H,5-6,8-9,13H2,1H3. The number of nitrogens with two attached hydrogens (primary N) is 1. The van der Waals surface area contributed by atoms with Crippen LogP contribution in [0.1, 0.15) is 18.9 Å². The van der Waals surface area contributed by atoms with Crippen LogP contribution < -0.4 is 10.6 Å². The summed E-state index contributed by atoms with van der Waals surface area (Å²) in [5.41, 5.74) is 8.18. The van der Waals surface area contributed by atoms with Gasteiger partial charge in [0.1, 0.15) is 0 Å². The number of hydrogen-bond acceptors (Lipinski definition) is 2. The Bertz CT molecular complexity index is 309. The van der Waals surface area contributed by atoms with E-state index in [1.54, 1.807) is 0 Å². The molecular formula is C12H18N2. The van der Waals surface area contributed by atoms with Crippen LogP contribution in [0.15, 0.2) is 24.3 Å². The smallest absolute Gasteiger partial charge is 0.0369 e. The Kier molecular flexibility index (Phi) is 2.73. The van der Waals surface area contributed by atoms with Gasteiger partial charge in [-0.2, -0.15) is 0 Å². The molecule has 0 aliphatic carbocycles. The van der Waals surface area contributed by atoms with Crippen molar-refractivity contribution in [3.05, 3.63) is 29.8 Å². The molecule has 0 amide bonds. The van der Waals surface area contributed by atoms with Crippen molar-refractivity contribution in [3.8, 4) is 0 Å². The molecule has 0 bridgehead atoms. The summed E-state index contributed by atoms with van der Waals surface area (Å²) < 4.78 is 0. The van der Waals surface area contributed by atoms with Crippen LogP contribution in [0.2, 0.25) is 0 Å². The maximum atomic E-state index is 5.63. The zero-order valence-corrected chi connectivity index (χ0v) is 8.74. The Morgan fingerprint density at radius 3 is 3.00 bits per heavy atom. The van der Waals surface area contributed by atoms with Gasteiger partial charge in [-0.25, -0.2) is 0 Å². The number of benzene rings is 1. The van der Waals surface area contributed by atoms with Crippen LogP contribution in [0.5, 0.6) is 0 Å². The molecule has 1 saturated heterocycles. The molecule has 2 heteroatoms. The maximum absolute atomic E-state index is 5.63. The Morgan fingerprint density at radius 2 is 2.36 bits per heavy atom. The fourth-order valence-corrected chi connectivity index (χ4v) is 2.05. The van der Waals surface area contributed by atoms with Crippen LogP contribution in [0.4, 0.5) is 5.69 Å². The molecule has 0 spiro atoms. The van der Waals surface area contributed by atoms with Gasteiger partial charge in [-0.15, -0.1) is 0 Å². The Balaban J connectivity index is 2.15. The fraction of sp³-hybridized carbons (Fsp3) is 0.500. The molecule has 2 nitrogen and oxygen atoms in total. The van der Waals surface area contributed by atoms with Crippen molar-refractivity contribution in [2.45, 2.75) is 19.9 Å². The van der Waals surface area contributed by atoms with E-state index >= 15 is 0 Å². The first-order chi connectivity index (χ1) is 6.79. The Morgan fingerprint density at radius 1 is 1.50 bits per heavy atom. The van der Waals surface area contributed by atoms with Crippen molar-refractivity contribution in [1.29, 1.82) is 0 Å². The van der Waals surface area contributed by atoms with Gasteiger partial charge < -0.3 is 10.6 Å². The summed E-state index contributed by atoms with van der Waals surface area (Å²) in [5.74, 6) is 0.830. The van der Waals surface area contributed by atoms with E-state index in [1.165, 1.54) is 30.8 Å². The Hall–Kier alpha value is -1.02. The highest BCUT2D eigenvalue weighted by Crippen LogP contribution is 2.23. The highest BCUT2D eigenvalue weighted by molar-refractivity contribution is 5.49. The van der Waals surface area contributed by atoms with Gasteiger partial charge in [0, 0.05) is 25.3 Å². The lowest BCUT2D eigenvalue weighted by molar-refractivity contribution is 0.659. The molecule has 1 atom stereocenters. The van der Waals surface area contributed by atoms with Gasteiger partial charge in [-0.1, -0.05) is 19.1 Å². The van der Waals surface area contributed by atoms with E-state index in [-0.39, 0.29) is 0 Å². The zero-order valence-electron chi connectivity index (χ0n) is 8.74. The lowest BCUT2D eigenvalue weighted by Gasteiger charge is -2.18. The van der Waals surface area contributed by atoms with Crippen LogP contribution in [0.3, 0.4) is 0 Å². The minimum Gasteiger partial charge on any atom is -0.371 e. The van der Waals surface area contributed by atoms with Gasteiger partial charge in [0.15, 0.2) is 0 Å². The molecule has 0 aromatic heterocycles. The molecule has 1 aliphatic rings. The average Bonchev–Trinajstić information content (AvgIpc) is 2.65. The van der Waals surface area contributed by atoms with Crippen LogP contribution >= 0.6 is 0 Å². The largest absolute Gasteiger partial charge is 0.371 e. The predicted molar refractivity (Wildman–Crippen MR) is 60.3 cm³/mol. The highest BCUT2D eigenvalue weighted by atomic mass is 15.1. The van der Waals surface area contributed by atoms with E-state index < -0.39 is 0 Å². The van der Waals surface area contributed by atoms with Crippen LogP contribution in [-0.4, -0.2) is 13.1 Å². The van der Waals surface area contributed by atoms with Crippen molar-refractivity contribution in [1.82, 2.24) is 0 Å². The van der Waals surface area contributed by atoms with E-state index in [9.17, 15) is 0 Å². The first-order valence-electron chi connectivity index (χ1n) is 5.33. The van der Waals surface area contributed by atoms with E-state index in [0.29, 0.717) is 6.54 Å². The summed E-state index contributed by atoms with van der Waals surface area (Å²) in [6, 6.07) is 8.57. The van der Waals surface area contributed by atoms with Gasteiger partial charge in [0.25, 0.3) is 0 Å². The third kappa shape index (κ3) is 1.90. The first kappa shape index (κ1) is 9.53. The molecule has 14 heavy (non-hydrogen) atoms. The summed E-state index contributed by atoms with van der Waals surface area (Å²) in [7, 11) is 0. The van der Waals surface area contributed by atoms with E-state index in [2.05, 4.69) is 36.1 Å². The van der Waals surface area contributed by atoms with E-state index in [1.807, 2.05) is 0 Å². The van der Waals surface area contributed by atoms with Crippen LogP contribution in [0, 0.1) is 5.92 Å². The highest BCUT2D eigenvalue weighted by Gasteiger charge is 2.18. The van der Waals surface area contributed by atoms with Crippen molar-refractivity contribution >= 4 is 5.69 Å². The second-order valence-electron chi connectivity index (χ2n) is 4.21. The molecule has 1 aromatic rings. The number of anilines is 1. The molecule has 1 unspecified atom stereocenters. The summed E-state index contributed by atoms with van der Waals surface area (Å²) in [4.78, 5) is 2.45. The summed E-state index contributed by atoms with van der Waals surface area (Å²) in [5, 5.41) is 0. The van der Waals surface area contributed by atoms with Crippen molar-refractivity contribution in [3.63, 3.8) is 0 Å².